The maximum Gasteiger partial charge on any atom is 0.188 e. The highest BCUT2D eigenvalue weighted by Crippen LogP contribution is 2.34. The van der Waals surface area contributed by atoms with Crippen molar-refractivity contribution in [3.05, 3.63) is 60.7 Å². The Labute approximate surface area is 125 Å². The molecule has 3 aromatic carbocycles. The number of para-hydroxylation sites is 2. The average molecular weight is 292 g/mol. The van der Waals surface area contributed by atoms with Crippen LogP contribution < -0.4 is 5.32 Å². The van der Waals surface area contributed by atoms with Crippen LogP contribution in [-0.4, -0.2) is 10.1 Å². The number of anilines is 2. The van der Waals surface area contributed by atoms with Gasteiger partial charge in [0.15, 0.2) is 5.13 Å². The number of aromatic nitrogens is 1. The molecule has 0 atom stereocenters. The summed E-state index contributed by atoms with van der Waals surface area (Å²) in [6.45, 7) is 0. The van der Waals surface area contributed by atoms with Crippen molar-refractivity contribution in [2.24, 2.45) is 0 Å². The highest BCUT2D eigenvalue weighted by Gasteiger charge is 2.08. The first-order valence-corrected chi connectivity index (χ1v) is 7.46. The zero-order valence-corrected chi connectivity index (χ0v) is 11.9. The predicted octanol–water partition coefficient (Wildman–Crippen LogP) is 4.90. The second-order valence-electron chi connectivity index (χ2n) is 4.79. The highest BCUT2D eigenvalue weighted by atomic mass is 32.1. The fourth-order valence-corrected chi connectivity index (χ4v) is 3.30. The third-order valence-electron chi connectivity index (χ3n) is 3.43. The number of nitrogens with one attached hydrogen (secondary N) is 1. The van der Waals surface area contributed by atoms with Crippen molar-refractivity contribution in [1.82, 2.24) is 4.98 Å². The minimum atomic E-state index is 0.224. The molecule has 0 saturated carbocycles. The van der Waals surface area contributed by atoms with Gasteiger partial charge < -0.3 is 10.4 Å². The standard InChI is InChI=1S/C17H12N2OS/c20-14-8-4-3-7-13(14)18-17-19-16-12-6-2-1-5-11(12)9-10-15(16)21-17/h1-10,20H,(H,18,19). The lowest BCUT2D eigenvalue weighted by molar-refractivity contribution is 0.478. The normalized spacial score (nSPS) is 11.0. The van der Waals surface area contributed by atoms with Crippen molar-refractivity contribution in [3.63, 3.8) is 0 Å². The molecule has 0 fully saturated rings. The van der Waals surface area contributed by atoms with Crippen LogP contribution in [0.3, 0.4) is 0 Å². The number of aromatic hydroxyl groups is 1. The smallest absolute Gasteiger partial charge is 0.188 e. The zero-order valence-electron chi connectivity index (χ0n) is 11.1. The van der Waals surface area contributed by atoms with Gasteiger partial charge in [0, 0.05) is 5.39 Å². The van der Waals surface area contributed by atoms with Crippen LogP contribution in [-0.2, 0) is 0 Å². The van der Waals surface area contributed by atoms with E-state index in [2.05, 4.69) is 34.6 Å². The van der Waals surface area contributed by atoms with Gasteiger partial charge in [-0.15, -0.1) is 0 Å². The highest BCUT2D eigenvalue weighted by molar-refractivity contribution is 7.22. The summed E-state index contributed by atoms with van der Waals surface area (Å²) < 4.78 is 1.13. The maximum atomic E-state index is 9.83. The number of thiazole rings is 1. The Balaban J connectivity index is 1.84. The van der Waals surface area contributed by atoms with Crippen LogP contribution >= 0.6 is 11.3 Å². The first kappa shape index (κ1) is 12.2. The van der Waals surface area contributed by atoms with Gasteiger partial charge in [0.05, 0.1) is 15.9 Å². The molecule has 0 aliphatic carbocycles. The van der Waals surface area contributed by atoms with Crippen LogP contribution in [0.1, 0.15) is 0 Å². The third kappa shape index (κ3) is 2.10. The topological polar surface area (TPSA) is 45.1 Å². The van der Waals surface area contributed by atoms with Gasteiger partial charge in [-0.05, 0) is 23.6 Å². The second kappa shape index (κ2) is 4.75. The number of rotatable bonds is 2. The van der Waals surface area contributed by atoms with E-state index in [4.69, 9.17) is 0 Å². The van der Waals surface area contributed by atoms with Gasteiger partial charge in [-0.3, -0.25) is 0 Å². The van der Waals surface area contributed by atoms with Crippen molar-refractivity contribution in [3.8, 4) is 5.75 Å². The van der Waals surface area contributed by atoms with Gasteiger partial charge in [0.2, 0.25) is 0 Å². The summed E-state index contributed by atoms with van der Waals surface area (Å²) in [4.78, 5) is 4.67. The fraction of sp³-hybridized carbons (Fsp3) is 0. The zero-order chi connectivity index (χ0) is 14.2. The molecule has 21 heavy (non-hydrogen) atoms. The van der Waals surface area contributed by atoms with Gasteiger partial charge in [-0.25, -0.2) is 4.98 Å². The summed E-state index contributed by atoms with van der Waals surface area (Å²) in [5, 5.41) is 16.1. The molecule has 0 amide bonds. The van der Waals surface area contributed by atoms with Gasteiger partial charge >= 0.3 is 0 Å². The Morgan fingerprint density at radius 3 is 2.62 bits per heavy atom. The number of phenolic OH excluding ortho intramolecular Hbond substituents is 1. The van der Waals surface area contributed by atoms with E-state index in [0.29, 0.717) is 5.69 Å². The Hall–Kier alpha value is -2.59. The summed E-state index contributed by atoms with van der Waals surface area (Å²) in [6.07, 6.45) is 0. The molecule has 0 aliphatic rings. The minimum Gasteiger partial charge on any atom is -0.506 e. The summed E-state index contributed by atoms with van der Waals surface area (Å²) in [7, 11) is 0. The molecule has 2 N–H and O–H groups in total. The predicted molar refractivity (Wildman–Crippen MR) is 88.5 cm³/mol. The molecule has 3 nitrogen and oxygen atoms in total. The van der Waals surface area contributed by atoms with Crippen LogP contribution in [0.15, 0.2) is 60.7 Å². The Morgan fingerprint density at radius 2 is 1.71 bits per heavy atom. The molecule has 4 aromatic rings. The lowest BCUT2D eigenvalue weighted by atomic mass is 10.1. The van der Waals surface area contributed by atoms with E-state index in [1.807, 2.05) is 24.3 Å². The first-order chi connectivity index (χ1) is 10.3. The molecular weight excluding hydrogens is 280 g/mol. The largest absolute Gasteiger partial charge is 0.506 e. The van der Waals surface area contributed by atoms with Crippen molar-refractivity contribution in [2.45, 2.75) is 0 Å². The molecule has 0 saturated heterocycles. The Bertz CT molecular complexity index is 946. The number of fused-ring (bicyclic) bond motifs is 3. The molecule has 0 unspecified atom stereocenters. The van der Waals surface area contributed by atoms with Gasteiger partial charge in [0.1, 0.15) is 5.75 Å². The summed E-state index contributed by atoms with van der Waals surface area (Å²) in [6, 6.07) is 19.6. The van der Waals surface area contributed by atoms with Crippen molar-refractivity contribution in [2.75, 3.05) is 5.32 Å². The van der Waals surface area contributed by atoms with Gasteiger partial charge in [-0.1, -0.05) is 53.8 Å². The second-order valence-corrected chi connectivity index (χ2v) is 5.83. The number of hydrogen-bond donors (Lipinski definition) is 2. The van der Waals surface area contributed by atoms with Crippen molar-refractivity contribution >= 4 is 43.1 Å². The van der Waals surface area contributed by atoms with E-state index >= 15 is 0 Å². The molecule has 0 bridgehead atoms. The van der Waals surface area contributed by atoms with E-state index in [1.54, 1.807) is 23.5 Å². The SMILES string of the molecule is Oc1ccccc1Nc1nc2c(ccc3ccccc32)s1. The number of hydrogen-bond acceptors (Lipinski definition) is 4. The van der Waals surface area contributed by atoms with Crippen molar-refractivity contribution < 1.29 is 5.11 Å². The minimum absolute atomic E-state index is 0.224. The molecule has 1 heterocycles. The molecule has 102 valence electrons. The molecule has 4 rings (SSSR count). The summed E-state index contributed by atoms with van der Waals surface area (Å²) in [5.41, 5.74) is 1.66. The van der Waals surface area contributed by atoms with Gasteiger partial charge in [0.25, 0.3) is 0 Å². The first-order valence-electron chi connectivity index (χ1n) is 6.64. The van der Waals surface area contributed by atoms with Crippen LogP contribution in [0.2, 0.25) is 0 Å². The van der Waals surface area contributed by atoms with E-state index in [9.17, 15) is 5.11 Å². The van der Waals surface area contributed by atoms with Crippen LogP contribution in [0, 0.1) is 0 Å². The summed E-state index contributed by atoms with van der Waals surface area (Å²) >= 11 is 1.58. The molecular formula is C17H12N2OS. The number of nitrogens with zero attached hydrogens (tertiary/aromatic N) is 1. The fourth-order valence-electron chi connectivity index (χ4n) is 2.41. The molecule has 0 spiro atoms. The number of phenols is 1. The monoisotopic (exact) mass is 292 g/mol. The van der Waals surface area contributed by atoms with Crippen LogP contribution in [0.4, 0.5) is 10.8 Å². The summed E-state index contributed by atoms with van der Waals surface area (Å²) in [5.74, 6) is 0.224. The molecule has 0 radical (unpaired) electrons. The van der Waals surface area contributed by atoms with E-state index in [0.717, 1.165) is 20.7 Å². The van der Waals surface area contributed by atoms with E-state index in [-0.39, 0.29) is 5.75 Å². The lowest BCUT2D eigenvalue weighted by Gasteiger charge is -2.03. The Morgan fingerprint density at radius 1 is 0.905 bits per heavy atom. The molecule has 4 heteroatoms. The lowest BCUT2D eigenvalue weighted by Crippen LogP contribution is -1.89. The molecule has 0 aliphatic heterocycles. The number of benzene rings is 3. The maximum absolute atomic E-state index is 9.83. The van der Waals surface area contributed by atoms with E-state index in [1.165, 1.54) is 5.39 Å². The third-order valence-corrected chi connectivity index (χ3v) is 4.37. The Kier molecular flexibility index (Phi) is 2.75. The van der Waals surface area contributed by atoms with Crippen molar-refractivity contribution in [1.29, 1.82) is 0 Å². The van der Waals surface area contributed by atoms with Gasteiger partial charge in [-0.2, -0.15) is 0 Å². The van der Waals surface area contributed by atoms with E-state index < -0.39 is 0 Å². The molecule has 1 aromatic heterocycles. The average Bonchev–Trinajstić information content (AvgIpc) is 2.93. The quantitative estimate of drug-likeness (QED) is 0.517. The van der Waals surface area contributed by atoms with Crippen LogP contribution in [0.5, 0.6) is 5.75 Å². The van der Waals surface area contributed by atoms with Crippen LogP contribution in [0.25, 0.3) is 21.0 Å².